The van der Waals surface area contributed by atoms with E-state index in [-0.39, 0.29) is 0 Å². The molecule has 0 spiro atoms. The van der Waals surface area contributed by atoms with Crippen molar-refractivity contribution in [2.24, 2.45) is 0 Å². The Morgan fingerprint density at radius 2 is 2.00 bits per heavy atom. The Labute approximate surface area is 161 Å². The molecule has 5 nitrogen and oxygen atoms in total. The highest BCUT2D eigenvalue weighted by Crippen LogP contribution is 2.26. The Morgan fingerprint density at radius 1 is 1.07 bits per heavy atom. The maximum atomic E-state index is 6.02. The zero-order valence-electron chi connectivity index (χ0n) is 14.7. The quantitative estimate of drug-likeness (QED) is 0.529. The molecule has 134 valence electrons. The fraction of sp³-hybridized carbons (Fsp3) is 0.190. The lowest BCUT2D eigenvalue weighted by molar-refractivity contribution is 0.224. The van der Waals surface area contributed by atoms with Crippen molar-refractivity contribution in [2.75, 3.05) is 6.54 Å². The van der Waals surface area contributed by atoms with Crippen molar-refractivity contribution < 1.29 is 4.42 Å². The third kappa shape index (κ3) is 3.41. The average Bonchev–Trinajstić information content (AvgIpc) is 3.40. The Kier molecular flexibility index (Phi) is 4.27. The second kappa shape index (κ2) is 7.06. The number of rotatable bonds is 4. The Balaban J connectivity index is 1.30. The predicted molar refractivity (Wildman–Crippen MR) is 105 cm³/mol. The van der Waals surface area contributed by atoms with Crippen LogP contribution in [0.5, 0.6) is 0 Å². The van der Waals surface area contributed by atoms with Crippen molar-refractivity contribution in [1.82, 2.24) is 19.9 Å². The van der Waals surface area contributed by atoms with Crippen molar-refractivity contribution in [2.45, 2.75) is 19.5 Å². The molecule has 5 rings (SSSR count). The van der Waals surface area contributed by atoms with E-state index in [1.165, 1.54) is 5.56 Å². The third-order valence-electron chi connectivity index (χ3n) is 4.80. The summed E-state index contributed by atoms with van der Waals surface area (Å²) in [6.07, 6.45) is 6.43. The number of thiophene rings is 1. The summed E-state index contributed by atoms with van der Waals surface area (Å²) in [6.45, 7) is 2.62. The lowest BCUT2D eigenvalue weighted by Gasteiger charge is -2.27. The first-order valence-electron chi connectivity index (χ1n) is 8.94. The van der Waals surface area contributed by atoms with E-state index >= 15 is 0 Å². The molecule has 1 aliphatic rings. The molecule has 0 saturated heterocycles. The van der Waals surface area contributed by atoms with Gasteiger partial charge in [0.15, 0.2) is 5.82 Å². The largest absolute Gasteiger partial charge is 0.460 e. The molecule has 6 heteroatoms. The molecular formula is C21H18N4OS. The summed E-state index contributed by atoms with van der Waals surface area (Å²) in [6, 6.07) is 10.1. The minimum Gasteiger partial charge on any atom is -0.460 e. The number of fused-ring (bicyclic) bond motifs is 1. The van der Waals surface area contributed by atoms with Gasteiger partial charge in [-0.15, -0.1) is 0 Å². The van der Waals surface area contributed by atoms with Crippen molar-refractivity contribution in [3.63, 3.8) is 0 Å². The first kappa shape index (κ1) is 16.4. The lowest BCUT2D eigenvalue weighted by Crippen LogP contribution is -2.30. The molecule has 0 amide bonds. The molecule has 0 N–H and O–H groups in total. The fourth-order valence-electron chi connectivity index (χ4n) is 3.39. The summed E-state index contributed by atoms with van der Waals surface area (Å²) in [7, 11) is 0. The molecule has 0 unspecified atom stereocenters. The van der Waals surface area contributed by atoms with Crippen LogP contribution >= 0.6 is 11.3 Å². The molecule has 0 saturated carbocycles. The Bertz CT molecular complexity index is 1040. The molecule has 0 aromatic carbocycles. The molecular weight excluding hydrogens is 356 g/mol. The number of pyridine rings is 1. The summed E-state index contributed by atoms with van der Waals surface area (Å²) in [5.74, 6) is 2.71. The van der Waals surface area contributed by atoms with Crippen LogP contribution in [-0.4, -0.2) is 26.4 Å². The Hall–Kier alpha value is -2.83. The van der Waals surface area contributed by atoms with Gasteiger partial charge in [0.1, 0.15) is 11.5 Å². The first-order chi connectivity index (χ1) is 13.3. The standard InChI is InChI=1S/C21H18N4OS/c1-2-20(16-6-10-27-14-16)26-18(1)13-25-9-5-19-17(12-25)11-23-21(24-19)15-3-7-22-8-4-15/h1-4,6-8,10-11,14H,5,9,12-13H2. The van der Waals surface area contributed by atoms with Crippen molar-refractivity contribution in [3.05, 3.63) is 76.7 Å². The maximum Gasteiger partial charge on any atom is 0.159 e. The van der Waals surface area contributed by atoms with Gasteiger partial charge in [-0.05, 0) is 35.7 Å². The van der Waals surface area contributed by atoms with Crippen LogP contribution in [0, 0.1) is 0 Å². The van der Waals surface area contributed by atoms with Crippen LogP contribution in [0.15, 0.2) is 64.1 Å². The van der Waals surface area contributed by atoms with Crippen LogP contribution in [0.2, 0.25) is 0 Å². The highest BCUT2D eigenvalue weighted by atomic mass is 32.1. The van der Waals surface area contributed by atoms with Gasteiger partial charge in [0, 0.05) is 60.2 Å². The highest BCUT2D eigenvalue weighted by Gasteiger charge is 2.20. The van der Waals surface area contributed by atoms with Gasteiger partial charge in [0.2, 0.25) is 0 Å². The van der Waals surface area contributed by atoms with E-state index in [9.17, 15) is 0 Å². The van der Waals surface area contributed by atoms with Crippen LogP contribution in [0.25, 0.3) is 22.7 Å². The van der Waals surface area contributed by atoms with Gasteiger partial charge >= 0.3 is 0 Å². The second-order valence-electron chi connectivity index (χ2n) is 6.64. The molecule has 0 aliphatic carbocycles. The molecule has 4 aromatic rings. The molecule has 4 aromatic heterocycles. The summed E-state index contributed by atoms with van der Waals surface area (Å²) >= 11 is 1.68. The van der Waals surface area contributed by atoms with Gasteiger partial charge in [-0.25, -0.2) is 9.97 Å². The van der Waals surface area contributed by atoms with E-state index in [1.54, 1.807) is 23.7 Å². The number of aromatic nitrogens is 3. The molecule has 0 atom stereocenters. The predicted octanol–water partition coefficient (Wildman–Crippen LogP) is 4.42. The number of furan rings is 1. The summed E-state index contributed by atoms with van der Waals surface area (Å²) in [5, 5.41) is 4.18. The lowest BCUT2D eigenvalue weighted by atomic mass is 10.1. The summed E-state index contributed by atoms with van der Waals surface area (Å²) in [5.41, 5.74) is 4.49. The van der Waals surface area contributed by atoms with E-state index in [0.717, 1.165) is 60.2 Å². The van der Waals surface area contributed by atoms with Crippen LogP contribution in [-0.2, 0) is 19.5 Å². The second-order valence-corrected chi connectivity index (χ2v) is 7.42. The zero-order valence-corrected chi connectivity index (χ0v) is 15.5. The summed E-state index contributed by atoms with van der Waals surface area (Å²) in [4.78, 5) is 15.8. The summed E-state index contributed by atoms with van der Waals surface area (Å²) < 4.78 is 6.02. The normalized spacial score (nSPS) is 14.2. The van der Waals surface area contributed by atoms with Crippen LogP contribution < -0.4 is 0 Å². The van der Waals surface area contributed by atoms with Gasteiger partial charge in [0.05, 0.1) is 12.2 Å². The van der Waals surface area contributed by atoms with Crippen LogP contribution in [0.1, 0.15) is 17.0 Å². The minimum absolute atomic E-state index is 0.774. The van der Waals surface area contributed by atoms with Gasteiger partial charge in [-0.2, -0.15) is 11.3 Å². The van der Waals surface area contributed by atoms with E-state index in [4.69, 9.17) is 9.40 Å². The first-order valence-corrected chi connectivity index (χ1v) is 9.88. The van der Waals surface area contributed by atoms with E-state index in [0.29, 0.717) is 0 Å². The topological polar surface area (TPSA) is 55.1 Å². The van der Waals surface area contributed by atoms with Gasteiger partial charge in [-0.1, -0.05) is 0 Å². The minimum atomic E-state index is 0.774. The maximum absolute atomic E-state index is 6.02. The van der Waals surface area contributed by atoms with E-state index < -0.39 is 0 Å². The highest BCUT2D eigenvalue weighted by molar-refractivity contribution is 7.08. The van der Waals surface area contributed by atoms with Gasteiger partial charge < -0.3 is 4.42 Å². The number of hydrogen-bond acceptors (Lipinski definition) is 6. The Morgan fingerprint density at radius 3 is 2.85 bits per heavy atom. The van der Waals surface area contributed by atoms with Crippen molar-refractivity contribution >= 4 is 11.3 Å². The zero-order chi connectivity index (χ0) is 18.1. The average molecular weight is 374 g/mol. The number of nitrogens with zero attached hydrogens (tertiary/aromatic N) is 4. The SMILES string of the molecule is c1cc(-c2ncc3c(n2)CCN(Cc2ccc(-c4ccsc4)o2)C3)ccn1. The number of hydrogen-bond donors (Lipinski definition) is 0. The van der Waals surface area contributed by atoms with Gasteiger partial charge in [0.25, 0.3) is 0 Å². The van der Waals surface area contributed by atoms with Crippen molar-refractivity contribution in [3.8, 4) is 22.7 Å². The van der Waals surface area contributed by atoms with E-state index in [2.05, 4.69) is 43.8 Å². The molecule has 0 radical (unpaired) electrons. The van der Waals surface area contributed by atoms with Crippen LogP contribution in [0.3, 0.4) is 0 Å². The van der Waals surface area contributed by atoms with E-state index in [1.807, 2.05) is 18.3 Å². The molecule has 1 aliphatic heterocycles. The molecule has 0 fully saturated rings. The van der Waals surface area contributed by atoms with Crippen molar-refractivity contribution in [1.29, 1.82) is 0 Å². The smallest absolute Gasteiger partial charge is 0.159 e. The molecule has 0 bridgehead atoms. The third-order valence-corrected chi connectivity index (χ3v) is 5.48. The monoisotopic (exact) mass is 374 g/mol. The van der Waals surface area contributed by atoms with Crippen LogP contribution in [0.4, 0.5) is 0 Å². The molecule has 5 heterocycles. The fourth-order valence-corrected chi connectivity index (χ4v) is 4.04. The van der Waals surface area contributed by atoms with Gasteiger partial charge in [-0.3, -0.25) is 9.88 Å². The molecule has 27 heavy (non-hydrogen) atoms.